The molecule has 5 rings (SSSR count). The van der Waals surface area contributed by atoms with Gasteiger partial charge in [0.2, 0.25) is 0 Å². The van der Waals surface area contributed by atoms with E-state index in [1.807, 2.05) is 49.5 Å². The molecule has 2 aliphatic rings. The molecule has 4 nitrogen and oxygen atoms in total. The molecule has 2 heterocycles. The first kappa shape index (κ1) is 20.4. The molecule has 3 aromatic carbocycles. The molecular formula is C26H24INO3. The summed E-state index contributed by atoms with van der Waals surface area (Å²) in [6, 6.07) is 19.9. The van der Waals surface area contributed by atoms with Crippen molar-refractivity contribution in [3.63, 3.8) is 0 Å². The lowest BCUT2D eigenvalue weighted by Gasteiger charge is -2.37. The molecule has 2 atom stereocenters. The lowest BCUT2D eigenvalue weighted by molar-refractivity contribution is 0.0224. The van der Waals surface area contributed by atoms with Gasteiger partial charge in [0.25, 0.3) is 0 Å². The van der Waals surface area contributed by atoms with Crippen molar-refractivity contribution in [3.05, 3.63) is 88.5 Å². The molecular weight excluding hydrogens is 501 g/mol. The summed E-state index contributed by atoms with van der Waals surface area (Å²) in [4.78, 5) is 12.9. The molecule has 0 bridgehead atoms. The van der Waals surface area contributed by atoms with Crippen LogP contribution >= 0.6 is 22.6 Å². The number of fused-ring (bicyclic) bond motifs is 6. The van der Waals surface area contributed by atoms with Crippen LogP contribution in [0.2, 0.25) is 0 Å². The molecule has 0 saturated carbocycles. The number of benzene rings is 3. The molecule has 3 aromatic rings. The van der Waals surface area contributed by atoms with E-state index < -0.39 is 5.60 Å². The van der Waals surface area contributed by atoms with Crippen molar-refractivity contribution in [2.75, 3.05) is 12.4 Å². The monoisotopic (exact) mass is 525 g/mol. The van der Waals surface area contributed by atoms with Gasteiger partial charge in [0.15, 0.2) is 5.60 Å². The number of esters is 1. The summed E-state index contributed by atoms with van der Waals surface area (Å²) in [6.45, 7) is 2.22. The third-order valence-corrected chi connectivity index (χ3v) is 7.76. The first-order valence-corrected chi connectivity index (χ1v) is 11.9. The van der Waals surface area contributed by atoms with Crippen molar-refractivity contribution in [1.82, 2.24) is 0 Å². The van der Waals surface area contributed by atoms with Gasteiger partial charge in [0.05, 0.1) is 5.56 Å². The van der Waals surface area contributed by atoms with Crippen molar-refractivity contribution in [2.24, 2.45) is 0 Å². The van der Waals surface area contributed by atoms with Crippen LogP contribution in [0.3, 0.4) is 0 Å². The second-order valence-electron chi connectivity index (χ2n) is 8.05. The van der Waals surface area contributed by atoms with E-state index in [2.05, 4.69) is 53.0 Å². The number of rotatable bonds is 5. The average molecular weight is 525 g/mol. The van der Waals surface area contributed by atoms with Crippen LogP contribution in [0.1, 0.15) is 52.4 Å². The maximum Gasteiger partial charge on any atom is 0.340 e. The van der Waals surface area contributed by atoms with Crippen LogP contribution in [0.4, 0.5) is 5.69 Å². The zero-order valence-electron chi connectivity index (χ0n) is 17.6. The van der Waals surface area contributed by atoms with Gasteiger partial charge < -0.3 is 14.8 Å². The summed E-state index contributed by atoms with van der Waals surface area (Å²) >= 11 is 2.52. The average Bonchev–Trinajstić information content (AvgIpc) is 3.10. The highest BCUT2D eigenvalue weighted by molar-refractivity contribution is 14.1. The Labute approximate surface area is 196 Å². The van der Waals surface area contributed by atoms with Gasteiger partial charge in [-0.25, -0.2) is 4.79 Å². The number of alkyl halides is 1. The minimum absolute atomic E-state index is 0.299. The molecule has 31 heavy (non-hydrogen) atoms. The third-order valence-electron chi connectivity index (χ3n) is 6.26. The first-order valence-electron chi connectivity index (χ1n) is 10.7. The number of hydrogen-bond acceptors (Lipinski definition) is 4. The van der Waals surface area contributed by atoms with Gasteiger partial charge in [0.1, 0.15) is 11.5 Å². The van der Waals surface area contributed by atoms with Crippen molar-refractivity contribution in [3.8, 4) is 11.5 Å². The Hall–Kier alpha value is -2.54. The predicted octanol–water partition coefficient (Wildman–Crippen LogP) is 6.44. The van der Waals surface area contributed by atoms with Crippen molar-refractivity contribution < 1.29 is 14.3 Å². The van der Waals surface area contributed by atoms with Gasteiger partial charge in [-0.3, -0.25) is 0 Å². The molecule has 2 unspecified atom stereocenters. The molecule has 1 spiro atoms. The summed E-state index contributed by atoms with van der Waals surface area (Å²) in [5, 5.41) is 3.17. The van der Waals surface area contributed by atoms with E-state index in [1.54, 1.807) is 0 Å². The second-order valence-corrected chi connectivity index (χ2v) is 9.82. The van der Waals surface area contributed by atoms with E-state index in [4.69, 9.17) is 9.47 Å². The quantitative estimate of drug-likeness (QED) is 0.237. The second kappa shape index (κ2) is 7.86. The van der Waals surface area contributed by atoms with Crippen LogP contribution in [0.25, 0.3) is 0 Å². The Bertz CT molecular complexity index is 1180. The van der Waals surface area contributed by atoms with E-state index in [1.165, 1.54) is 5.56 Å². The van der Waals surface area contributed by atoms with Crippen molar-refractivity contribution in [2.45, 2.75) is 35.7 Å². The van der Waals surface area contributed by atoms with E-state index in [-0.39, 0.29) is 5.97 Å². The standard InChI is InChI=1S/C26H24INO3/c1-3-17(27)10-8-16-9-12-21-23(14-16)30-24-15-18(28-2)11-13-22(24)26(21)20-7-5-4-6-19(20)25(29)31-26/h4-7,9,11-15,17,28H,3,8,10H2,1-2H3. The fourth-order valence-electron chi connectivity index (χ4n) is 4.56. The zero-order chi connectivity index (χ0) is 21.6. The number of nitrogens with one attached hydrogen (secondary N) is 1. The summed E-state index contributed by atoms with van der Waals surface area (Å²) in [5.74, 6) is 1.16. The Kier molecular flexibility index (Phi) is 5.16. The van der Waals surface area contributed by atoms with E-state index in [0.29, 0.717) is 15.2 Å². The Balaban J connectivity index is 1.69. The number of carbonyl (C=O) groups excluding carboxylic acids is 1. The van der Waals surface area contributed by atoms with E-state index >= 15 is 0 Å². The van der Waals surface area contributed by atoms with Crippen LogP contribution in [0.15, 0.2) is 60.7 Å². The molecule has 2 aliphatic heterocycles. The molecule has 0 radical (unpaired) electrons. The van der Waals surface area contributed by atoms with Crippen LogP contribution in [-0.2, 0) is 16.8 Å². The van der Waals surface area contributed by atoms with Gasteiger partial charge >= 0.3 is 5.97 Å². The Morgan fingerprint density at radius 2 is 1.74 bits per heavy atom. The highest BCUT2D eigenvalue weighted by atomic mass is 127. The van der Waals surface area contributed by atoms with Gasteiger partial charge in [-0.1, -0.05) is 59.8 Å². The van der Waals surface area contributed by atoms with Crippen molar-refractivity contribution >= 4 is 34.2 Å². The van der Waals surface area contributed by atoms with Crippen LogP contribution in [0.5, 0.6) is 11.5 Å². The highest BCUT2D eigenvalue weighted by Crippen LogP contribution is 2.56. The van der Waals surface area contributed by atoms with Crippen LogP contribution in [-0.4, -0.2) is 16.9 Å². The fourth-order valence-corrected chi connectivity index (χ4v) is 4.87. The summed E-state index contributed by atoms with van der Waals surface area (Å²) in [6.07, 6.45) is 3.28. The number of anilines is 1. The first-order chi connectivity index (χ1) is 15.1. The number of aryl methyl sites for hydroxylation is 1. The number of carbonyl (C=O) groups is 1. The molecule has 5 heteroatoms. The minimum Gasteiger partial charge on any atom is -0.456 e. The topological polar surface area (TPSA) is 47.6 Å². The van der Waals surface area contributed by atoms with E-state index in [0.717, 1.165) is 47.4 Å². The number of hydrogen-bond donors (Lipinski definition) is 1. The highest BCUT2D eigenvalue weighted by Gasteiger charge is 2.53. The van der Waals surface area contributed by atoms with Crippen molar-refractivity contribution in [1.29, 1.82) is 0 Å². The fraction of sp³-hybridized carbons (Fsp3) is 0.269. The summed E-state index contributed by atoms with van der Waals surface area (Å²) in [7, 11) is 1.88. The Morgan fingerprint density at radius 3 is 2.52 bits per heavy atom. The Morgan fingerprint density at radius 1 is 1.00 bits per heavy atom. The molecule has 0 saturated heterocycles. The predicted molar refractivity (Wildman–Crippen MR) is 131 cm³/mol. The molecule has 158 valence electrons. The maximum atomic E-state index is 12.9. The SMILES string of the molecule is CCC(I)CCc1ccc2c(c1)Oc1cc(NC)ccc1C21OC(=O)c2ccccc21. The maximum absolute atomic E-state index is 12.9. The molecule has 0 fully saturated rings. The smallest absolute Gasteiger partial charge is 0.340 e. The van der Waals surface area contributed by atoms with Gasteiger partial charge in [0, 0.05) is 39.4 Å². The summed E-state index contributed by atoms with van der Waals surface area (Å²) in [5.41, 5.74) is 4.39. The number of ether oxygens (including phenoxy) is 2. The summed E-state index contributed by atoms with van der Waals surface area (Å²) < 4.78 is 13.3. The van der Waals surface area contributed by atoms with Gasteiger partial charge in [-0.05, 0) is 49.1 Å². The zero-order valence-corrected chi connectivity index (χ0v) is 19.7. The molecule has 1 N–H and O–H groups in total. The lowest BCUT2D eigenvalue weighted by atomic mass is 9.77. The van der Waals surface area contributed by atoms with Crippen LogP contribution in [0, 0.1) is 0 Å². The van der Waals surface area contributed by atoms with Crippen LogP contribution < -0.4 is 10.1 Å². The molecule has 0 aromatic heterocycles. The lowest BCUT2D eigenvalue weighted by Crippen LogP contribution is -2.33. The normalized spacial score (nSPS) is 19.1. The number of halogens is 1. The third kappa shape index (κ3) is 3.21. The minimum atomic E-state index is -0.989. The van der Waals surface area contributed by atoms with Gasteiger partial charge in [-0.15, -0.1) is 0 Å². The molecule has 0 amide bonds. The largest absolute Gasteiger partial charge is 0.456 e. The van der Waals surface area contributed by atoms with Gasteiger partial charge in [-0.2, -0.15) is 0 Å². The van der Waals surface area contributed by atoms with E-state index in [9.17, 15) is 4.79 Å². The molecule has 0 aliphatic carbocycles.